The number of halogens is 2. The van der Waals surface area contributed by atoms with Crippen molar-refractivity contribution in [3.05, 3.63) is 99.9 Å². The molecule has 3 N–H and O–H groups in total. The minimum absolute atomic E-state index is 0.0175. The molecular formula is C24H18F2N2O3S. The van der Waals surface area contributed by atoms with E-state index in [1.165, 1.54) is 47.7 Å². The van der Waals surface area contributed by atoms with E-state index in [-0.39, 0.29) is 23.3 Å². The molecule has 0 radical (unpaired) electrons. The molecule has 4 aromatic rings. The molecule has 0 aliphatic carbocycles. The maximum atomic E-state index is 14.3. The highest BCUT2D eigenvalue weighted by molar-refractivity contribution is 7.16. The lowest BCUT2D eigenvalue weighted by molar-refractivity contribution is 0.0697. The van der Waals surface area contributed by atoms with Gasteiger partial charge in [-0.3, -0.25) is 0 Å². The van der Waals surface area contributed by atoms with Gasteiger partial charge in [-0.2, -0.15) is 0 Å². The molecule has 0 saturated carbocycles. The number of carbonyl (C=O) groups is 1. The third-order valence-electron chi connectivity index (χ3n) is 4.90. The number of hydrogen-bond acceptors (Lipinski definition) is 5. The van der Waals surface area contributed by atoms with Crippen LogP contribution in [0.1, 0.15) is 26.4 Å². The molecule has 5 nitrogen and oxygen atoms in total. The first kappa shape index (κ1) is 21.5. The summed E-state index contributed by atoms with van der Waals surface area (Å²) in [5.41, 5.74) is 1.88. The molecule has 0 amide bonds. The van der Waals surface area contributed by atoms with E-state index < -0.39 is 17.6 Å². The predicted molar refractivity (Wildman–Crippen MR) is 119 cm³/mol. The van der Waals surface area contributed by atoms with Gasteiger partial charge >= 0.3 is 5.97 Å². The Kier molecular flexibility index (Phi) is 6.13. The number of nitrogens with zero attached hydrogens (tertiary/aromatic N) is 1. The quantitative estimate of drug-likeness (QED) is 0.335. The largest absolute Gasteiger partial charge is 0.507 e. The van der Waals surface area contributed by atoms with Crippen LogP contribution in [0.3, 0.4) is 0 Å². The first-order valence-corrected chi connectivity index (χ1v) is 10.5. The number of anilines is 1. The second-order valence-corrected chi connectivity index (χ2v) is 8.12. The van der Waals surface area contributed by atoms with E-state index in [1.807, 2.05) is 0 Å². The number of aromatic nitrogens is 1. The van der Waals surface area contributed by atoms with E-state index in [0.717, 1.165) is 5.56 Å². The number of aromatic carboxylic acids is 1. The smallest absolute Gasteiger partial charge is 0.335 e. The van der Waals surface area contributed by atoms with Crippen molar-refractivity contribution in [2.24, 2.45) is 0 Å². The Bertz CT molecular complexity index is 1250. The fourth-order valence-corrected chi connectivity index (χ4v) is 4.22. The normalized spacial score (nSPS) is 10.8. The SMILES string of the molecule is O=C(O)c1ccc(CNc2nc(-c3ccccc3O)c(Cc3c(F)cccc3F)s2)cc1. The molecule has 1 aromatic heterocycles. The Morgan fingerprint density at radius 3 is 2.31 bits per heavy atom. The van der Waals surface area contributed by atoms with Crippen LogP contribution in [-0.2, 0) is 13.0 Å². The number of carboxylic acids is 1. The van der Waals surface area contributed by atoms with E-state index >= 15 is 0 Å². The molecule has 0 bridgehead atoms. The number of rotatable bonds is 7. The Balaban J connectivity index is 1.64. The molecule has 0 fully saturated rings. The van der Waals surface area contributed by atoms with Crippen LogP contribution in [0.15, 0.2) is 66.7 Å². The summed E-state index contributed by atoms with van der Waals surface area (Å²) in [5.74, 6) is -2.27. The maximum Gasteiger partial charge on any atom is 0.335 e. The Labute approximate surface area is 186 Å². The molecule has 0 saturated heterocycles. The Hall–Kier alpha value is -3.78. The average Bonchev–Trinajstić information content (AvgIpc) is 3.18. The summed E-state index contributed by atoms with van der Waals surface area (Å²) >= 11 is 1.24. The van der Waals surface area contributed by atoms with Crippen LogP contribution in [-0.4, -0.2) is 21.2 Å². The number of aromatic hydroxyl groups is 1. The molecule has 0 aliphatic rings. The summed E-state index contributed by atoms with van der Waals surface area (Å²) in [7, 11) is 0. The highest BCUT2D eigenvalue weighted by Crippen LogP contribution is 2.37. The lowest BCUT2D eigenvalue weighted by atomic mass is 10.0. The number of benzene rings is 3. The van der Waals surface area contributed by atoms with Crippen LogP contribution in [0.2, 0.25) is 0 Å². The van der Waals surface area contributed by atoms with Gasteiger partial charge in [0.1, 0.15) is 17.4 Å². The zero-order valence-corrected chi connectivity index (χ0v) is 17.5. The standard InChI is InChI=1S/C24H18F2N2O3S/c25-18-5-3-6-19(26)17(18)12-21-22(16-4-1-2-7-20(16)29)28-24(32-21)27-13-14-8-10-15(11-9-14)23(30)31/h1-11,29H,12-13H2,(H,27,28)(H,30,31). The van der Waals surface area contributed by atoms with E-state index in [1.54, 1.807) is 30.3 Å². The van der Waals surface area contributed by atoms with Gasteiger partial charge in [-0.05, 0) is 42.0 Å². The minimum atomic E-state index is -0.998. The van der Waals surface area contributed by atoms with Gasteiger partial charge in [0.15, 0.2) is 5.13 Å². The number of para-hydroxylation sites is 1. The molecule has 1 heterocycles. The van der Waals surface area contributed by atoms with Gasteiger partial charge in [0.2, 0.25) is 0 Å². The van der Waals surface area contributed by atoms with E-state index in [4.69, 9.17) is 5.11 Å². The number of carboxylic acid groups (broad SMARTS) is 1. The molecule has 4 rings (SSSR count). The Morgan fingerprint density at radius 2 is 1.66 bits per heavy atom. The topological polar surface area (TPSA) is 82.5 Å². The fourth-order valence-electron chi connectivity index (χ4n) is 3.24. The van der Waals surface area contributed by atoms with Gasteiger partial charge in [0, 0.05) is 29.0 Å². The zero-order valence-electron chi connectivity index (χ0n) is 16.7. The summed E-state index contributed by atoms with van der Waals surface area (Å²) in [6.07, 6.45) is -0.0190. The van der Waals surface area contributed by atoms with Crippen molar-refractivity contribution in [3.8, 4) is 17.0 Å². The van der Waals surface area contributed by atoms with Gasteiger partial charge in [0.25, 0.3) is 0 Å². The maximum absolute atomic E-state index is 14.3. The second-order valence-electron chi connectivity index (χ2n) is 7.04. The minimum Gasteiger partial charge on any atom is -0.507 e. The van der Waals surface area contributed by atoms with E-state index in [9.17, 15) is 18.7 Å². The molecule has 3 aromatic carbocycles. The molecule has 0 unspecified atom stereocenters. The number of phenols is 1. The molecule has 0 aliphatic heterocycles. The number of nitrogens with one attached hydrogen (secondary N) is 1. The first-order chi connectivity index (χ1) is 15.4. The highest BCUT2D eigenvalue weighted by atomic mass is 32.1. The molecule has 0 spiro atoms. The van der Waals surface area contributed by atoms with Crippen LogP contribution < -0.4 is 5.32 Å². The van der Waals surface area contributed by atoms with Crippen molar-refractivity contribution in [1.29, 1.82) is 0 Å². The van der Waals surface area contributed by atoms with Gasteiger partial charge in [-0.25, -0.2) is 18.6 Å². The Morgan fingerprint density at radius 1 is 0.969 bits per heavy atom. The van der Waals surface area contributed by atoms with Crippen molar-refractivity contribution in [3.63, 3.8) is 0 Å². The van der Waals surface area contributed by atoms with Crippen molar-refractivity contribution < 1.29 is 23.8 Å². The molecule has 162 valence electrons. The summed E-state index contributed by atoms with van der Waals surface area (Å²) in [6.45, 7) is 0.376. The van der Waals surface area contributed by atoms with Gasteiger partial charge in [-0.1, -0.05) is 30.3 Å². The number of phenolic OH excluding ortho intramolecular Hbond substituents is 1. The highest BCUT2D eigenvalue weighted by Gasteiger charge is 2.19. The lowest BCUT2D eigenvalue weighted by Crippen LogP contribution is -2.00. The first-order valence-electron chi connectivity index (χ1n) is 9.69. The summed E-state index contributed by atoms with van der Waals surface area (Å²) in [4.78, 5) is 16.2. The second kappa shape index (κ2) is 9.15. The van der Waals surface area contributed by atoms with Crippen molar-refractivity contribution in [2.75, 3.05) is 5.32 Å². The number of thiazole rings is 1. The van der Waals surface area contributed by atoms with Gasteiger partial charge < -0.3 is 15.5 Å². The van der Waals surface area contributed by atoms with Gasteiger partial charge in [-0.15, -0.1) is 11.3 Å². The molecule has 8 heteroatoms. The third-order valence-corrected chi connectivity index (χ3v) is 5.91. The lowest BCUT2D eigenvalue weighted by Gasteiger charge is -2.06. The van der Waals surface area contributed by atoms with E-state index in [2.05, 4.69) is 10.3 Å². The van der Waals surface area contributed by atoms with Crippen molar-refractivity contribution >= 4 is 22.4 Å². The van der Waals surface area contributed by atoms with Gasteiger partial charge in [0.05, 0.1) is 11.3 Å². The summed E-state index contributed by atoms with van der Waals surface area (Å²) < 4.78 is 28.5. The van der Waals surface area contributed by atoms with Crippen molar-refractivity contribution in [1.82, 2.24) is 4.98 Å². The van der Waals surface area contributed by atoms with Crippen LogP contribution in [0.4, 0.5) is 13.9 Å². The summed E-state index contributed by atoms with van der Waals surface area (Å²) in [6, 6.07) is 16.8. The van der Waals surface area contributed by atoms with Crippen molar-refractivity contribution in [2.45, 2.75) is 13.0 Å². The zero-order chi connectivity index (χ0) is 22.7. The summed E-state index contributed by atoms with van der Waals surface area (Å²) in [5, 5.41) is 23.0. The predicted octanol–water partition coefficient (Wildman–Crippen LogP) is 5.70. The molecule has 0 atom stereocenters. The molecule has 32 heavy (non-hydrogen) atoms. The molecular weight excluding hydrogens is 434 g/mol. The van der Waals surface area contributed by atoms with Crippen LogP contribution >= 0.6 is 11.3 Å². The van der Waals surface area contributed by atoms with Crippen LogP contribution in [0, 0.1) is 11.6 Å². The average molecular weight is 452 g/mol. The van der Waals surface area contributed by atoms with Crippen LogP contribution in [0.25, 0.3) is 11.3 Å². The monoisotopic (exact) mass is 452 g/mol. The third kappa shape index (κ3) is 4.60. The van der Waals surface area contributed by atoms with E-state index in [0.29, 0.717) is 27.8 Å². The fraction of sp³-hybridized carbons (Fsp3) is 0.0833. The van der Waals surface area contributed by atoms with Crippen LogP contribution in [0.5, 0.6) is 5.75 Å². The number of hydrogen-bond donors (Lipinski definition) is 3.